The molecule has 108 valence electrons. The monoisotopic (exact) mass is 291 g/mol. The lowest BCUT2D eigenvalue weighted by molar-refractivity contribution is 0.283. The lowest BCUT2D eigenvalue weighted by Gasteiger charge is -2.22. The summed E-state index contributed by atoms with van der Waals surface area (Å²) in [5.74, 6) is 2.06. The van der Waals surface area contributed by atoms with Crippen LogP contribution in [-0.2, 0) is 6.42 Å². The molecule has 2 N–H and O–H groups in total. The van der Waals surface area contributed by atoms with Crippen molar-refractivity contribution in [2.75, 3.05) is 0 Å². The molecule has 2 aromatic heterocycles. The maximum atomic E-state index is 6.22. The van der Waals surface area contributed by atoms with Crippen LogP contribution >= 0.6 is 11.3 Å². The first kappa shape index (κ1) is 13.8. The van der Waals surface area contributed by atoms with Crippen molar-refractivity contribution in [3.63, 3.8) is 0 Å². The Kier molecular flexibility index (Phi) is 4.47. The molecule has 2 aromatic rings. The van der Waals surface area contributed by atoms with Crippen molar-refractivity contribution in [2.45, 2.75) is 51.0 Å². The summed E-state index contributed by atoms with van der Waals surface area (Å²) in [6.45, 7) is 0. The Hall–Kier alpha value is -1.20. The maximum absolute atomic E-state index is 6.22. The Morgan fingerprint density at radius 2 is 2.20 bits per heavy atom. The van der Waals surface area contributed by atoms with Crippen LogP contribution in [0.5, 0.6) is 0 Å². The topological polar surface area (TPSA) is 64.9 Å². The van der Waals surface area contributed by atoms with Gasteiger partial charge >= 0.3 is 0 Å². The molecular weight excluding hydrogens is 270 g/mol. The second kappa shape index (κ2) is 6.50. The van der Waals surface area contributed by atoms with Gasteiger partial charge in [-0.15, -0.1) is 11.3 Å². The fourth-order valence-electron chi connectivity index (χ4n) is 2.94. The zero-order valence-electron chi connectivity index (χ0n) is 11.6. The Balaban J connectivity index is 1.57. The summed E-state index contributed by atoms with van der Waals surface area (Å²) >= 11 is 1.71. The van der Waals surface area contributed by atoms with E-state index in [1.54, 1.807) is 11.3 Å². The SMILES string of the molecule is NC(CC1CCCCC1)c1nc(Cc2cccs2)no1. The van der Waals surface area contributed by atoms with Crippen LogP contribution in [0.15, 0.2) is 22.0 Å². The van der Waals surface area contributed by atoms with Crippen LogP contribution in [0.25, 0.3) is 0 Å². The van der Waals surface area contributed by atoms with Crippen molar-refractivity contribution in [3.8, 4) is 0 Å². The highest BCUT2D eigenvalue weighted by molar-refractivity contribution is 7.09. The van der Waals surface area contributed by atoms with E-state index in [1.165, 1.54) is 37.0 Å². The van der Waals surface area contributed by atoms with E-state index in [-0.39, 0.29) is 6.04 Å². The van der Waals surface area contributed by atoms with Crippen molar-refractivity contribution >= 4 is 11.3 Å². The fraction of sp³-hybridized carbons (Fsp3) is 0.600. The lowest BCUT2D eigenvalue weighted by atomic mass is 9.85. The normalized spacial score (nSPS) is 18.2. The van der Waals surface area contributed by atoms with Crippen LogP contribution in [0.3, 0.4) is 0 Å². The molecule has 1 unspecified atom stereocenters. The van der Waals surface area contributed by atoms with Gasteiger partial charge in [-0.05, 0) is 23.8 Å². The first-order valence-electron chi connectivity index (χ1n) is 7.41. The van der Waals surface area contributed by atoms with Gasteiger partial charge in [0.1, 0.15) is 0 Å². The zero-order valence-corrected chi connectivity index (χ0v) is 12.4. The van der Waals surface area contributed by atoms with E-state index in [2.05, 4.69) is 21.6 Å². The van der Waals surface area contributed by atoms with Gasteiger partial charge in [0, 0.05) is 11.3 Å². The van der Waals surface area contributed by atoms with Crippen molar-refractivity contribution in [1.82, 2.24) is 10.1 Å². The third-order valence-electron chi connectivity index (χ3n) is 4.03. The number of aromatic nitrogens is 2. The Morgan fingerprint density at radius 3 is 2.95 bits per heavy atom. The number of hydrogen-bond donors (Lipinski definition) is 1. The van der Waals surface area contributed by atoms with E-state index >= 15 is 0 Å². The van der Waals surface area contributed by atoms with Gasteiger partial charge in [-0.1, -0.05) is 43.3 Å². The van der Waals surface area contributed by atoms with Gasteiger partial charge in [0.15, 0.2) is 5.82 Å². The van der Waals surface area contributed by atoms with Crippen molar-refractivity contribution < 1.29 is 4.52 Å². The average molecular weight is 291 g/mol. The van der Waals surface area contributed by atoms with Gasteiger partial charge in [-0.2, -0.15) is 4.98 Å². The summed E-state index contributed by atoms with van der Waals surface area (Å²) in [6.07, 6.45) is 8.35. The Labute approximate surface area is 123 Å². The summed E-state index contributed by atoms with van der Waals surface area (Å²) < 4.78 is 5.34. The number of nitrogens with zero attached hydrogens (tertiary/aromatic N) is 2. The predicted molar refractivity (Wildman–Crippen MR) is 79.5 cm³/mol. The third kappa shape index (κ3) is 3.46. The Bertz CT molecular complexity index is 517. The van der Waals surface area contributed by atoms with Crippen LogP contribution in [0.2, 0.25) is 0 Å². The summed E-state index contributed by atoms with van der Waals surface area (Å²) in [5, 5.41) is 6.11. The van der Waals surface area contributed by atoms with Crippen LogP contribution < -0.4 is 5.73 Å². The number of nitrogens with two attached hydrogens (primary N) is 1. The first-order chi connectivity index (χ1) is 9.81. The molecule has 20 heavy (non-hydrogen) atoms. The molecule has 0 bridgehead atoms. The van der Waals surface area contributed by atoms with E-state index in [0.717, 1.165) is 24.6 Å². The van der Waals surface area contributed by atoms with Crippen LogP contribution in [0.4, 0.5) is 0 Å². The zero-order chi connectivity index (χ0) is 13.8. The minimum absolute atomic E-state index is 0.109. The highest BCUT2D eigenvalue weighted by Gasteiger charge is 2.21. The second-order valence-electron chi connectivity index (χ2n) is 5.65. The van der Waals surface area contributed by atoms with Gasteiger partial charge in [0.2, 0.25) is 5.89 Å². The summed E-state index contributed by atoms with van der Waals surface area (Å²) in [7, 11) is 0. The molecule has 5 heteroatoms. The van der Waals surface area contributed by atoms with Crippen LogP contribution in [0, 0.1) is 5.92 Å². The van der Waals surface area contributed by atoms with E-state index in [4.69, 9.17) is 10.3 Å². The maximum Gasteiger partial charge on any atom is 0.243 e. The molecule has 1 saturated carbocycles. The molecule has 2 heterocycles. The molecule has 1 atom stereocenters. The van der Waals surface area contributed by atoms with E-state index < -0.39 is 0 Å². The van der Waals surface area contributed by atoms with Gasteiger partial charge in [0.25, 0.3) is 0 Å². The molecule has 1 aliphatic carbocycles. The standard InChI is InChI=1S/C15H21N3OS/c16-13(9-11-5-2-1-3-6-11)15-17-14(18-19-15)10-12-7-4-8-20-12/h4,7-8,11,13H,1-3,5-6,9-10,16H2. The van der Waals surface area contributed by atoms with E-state index in [1.807, 2.05) is 6.07 Å². The quantitative estimate of drug-likeness (QED) is 0.912. The summed E-state index contributed by atoms with van der Waals surface area (Å²) in [4.78, 5) is 5.70. The molecule has 0 radical (unpaired) electrons. The molecule has 0 amide bonds. The predicted octanol–water partition coefficient (Wildman–Crippen LogP) is 3.69. The summed E-state index contributed by atoms with van der Waals surface area (Å²) in [5.41, 5.74) is 6.22. The van der Waals surface area contributed by atoms with Crippen LogP contribution in [-0.4, -0.2) is 10.1 Å². The van der Waals surface area contributed by atoms with Crippen molar-refractivity contribution in [2.24, 2.45) is 11.7 Å². The minimum atomic E-state index is -0.109. The number of rotatable bonds is 5. The highest BCUT2D eigenvalue weighted by atomic mass is 32.1. The number of thiophene rings is 1. The molecular formula is C15H21N3OS. The van der Waals surface area contributed by atoms with E-state index in [9.17, 15) is 0 Å². The smallest absolute Gasteiger partial charge is 0.243 e. The molecule has 1 aliphatic rings. The molecule has 1 fully saturated rings. The molecule has 0 aliphatic heterocycles. The molecule has 0 aromatic carbocycles. The lowest BCUT2D eigenvalue weighted by Crippen LogP contribution is -2.17. The van der Waals surface area contributed by atoms with E-state index in [0.29, 0.717) is 5.89 Å². The fourth-order valence-corrected chi connectivity index (χ4v) is 3.64. The first-order valence-corrected chi connectivity index (χ1v) is 8.29. The molecule has 3 rings (SSSR count). The van der Waals surface area contributed by atoms with Crippen molar-refractivity contribution in [1.29, 1.82) is 0 Å². The third-order valence-corrected chi connectivity index (χ3v) is 4.90. The largest absolute Gasteiger partial charge is 0.338 e. The van der Waals surface area contributed by atoms with Gasteiger partial charge in [-0.25, -0.2) is 0 Å². The molecule has 0 spiro atoms. The average Bonchev–Trinajstić information content (AvgIpc) is 3.12. The Morgan fingerprint density at radius 1 is 1.35 bits per heavy atom. The molecule has 4 nitrogen and oxygen atoms in total. The van der Waals surface area contributed by atoms with Crippen molar-refractivity contribution in [3.05, 3.63) is 34.1 Å². The van der Waals surface area contributed by atoms with Gasteiger partial charge in [-0.3, -0.25) is 0 Å². The van der Waals surface area contributed by atoms with Crippen LogP contribution in [0.1, 0.15) is 61.2 Å². The second-order valence-corrected chi connectivity index (χ2v) is 6.68. The minimum Gasteiger partial charge on any atom is -0.338 e. The van der Waals surface area contributed by atoms with Gasteiger partial charge in [0.05, 0.1) is 6.04 Å². The molecule has 0 saturated heterocycles. The van der Waals surface area contributed by atoms with Gasteiger partial charge < -0.3 is 10.3 Å². The summed E-state index contributed by atoms with van der Waals surface area (Å²) in [6, 6.07) is 4.01. The number of hydrogen-bond acceptors (Lipinski definition) is 5. The highest BCUT2D eigenvalue weighted by Crippen LogP contribution is 2.30.